The first-order valence-electron chi connectivity index (χ1n) is 1.58. The van der Waals surface area contributed by atoms with Crippen molar-refractivity contribution in [1.29, 1.82) is 5.41 Å². The van der Waals surface area contributed by atoms with E-state index in [1.165, 1.54) is 0 Å². The zero-order valence-electron chi connectivity index (χ0n) is 4.40. The summed E-state index contributed by atoms with van der Waals surface area (Å²) in [6, 6.07) is 0. The molecule has 0 aromatic rings. The predicted octanol–water partition coefficient (Wildman–Crippen LogP) is -2.41. The molecular weight excluding hydrogens is 148 g/mol. The molecule has 0 heterocycles. The van der Waals surface area contributed by atoms with Gasteiger partial charge in [0, 0.05) is 0 Å². The lowest BCUT2D eigenvalue weighted by Gasteiger charge is -1.70. The summed E-state index contributed by atoms with van der Waals surface area (Å²) in [6.45, 7) is 0. The predicted molar refractivity (Wildman–Crippen MR) is 31.8 cm³/mol. The van der Waals surface area contributed by atoms with Gasteiger partial charge in [-0.3, -0.25) is 9.96 Å². The fourth-order valence-corrected chi connectivity index (χ4v) is 0. The molecule has 0 bridgehead atoms. The Morgan fingerprint density at radius 3 is 1.44 bits per heavy atom. The average molecular weight is 156 g/mol. The third-order valence-electron chi connectivity index (χ3n) is 0. The van der Waals surface area contributed by atoms with Gasteiger partial charge in [0.2, 0.25) is 0 Å². The van der Waals surface area contributed by atoms with Gasteiger partial charge in [-0.2, -0.15) is 8.42 Å². The minimum atomic E-state index is -4.17. The molecule has 0 rings (SSSR count). The monoisotopic (exact) mass is 156 g/mol. The van der Waals surface area contributed by atoms with E-state index in [9.17, 15) is 0 Å². The molecule has 0 atom stereocenters. The normalized spacial score (nSPS) is 9.11. The number of nitrogens with two attached hydrogens (primary N) is 3. The first-order valence-corrected chi connectivity index (χ1v) is 3.08. The van der Waals surface area contributed by atoms with Crippen molar-refractivity contribution < 1.29 is 13.0 Å². The van der Waals surface area contributed by atoms with Crippen molar-refractivity contribution in [2.75, 3.05) is 0 Å². The molecule has 0 saturated heterocycles. The summed E-state index contributed by atoms with van der Waals surface area (Å²) < 4.78 is 25.2. The van der Waals surface area contributed by atoms with E-state index in [1.807, 2.05) is 0 Å². The van der Waals surface area contributed by atoms with Gasteiger partial charge >= 0.3 is 10.3 Å². The van der Waals surface area contributed by atoms with Crippen molar-refractivity contribution in [2.24, 2.45) is 16.6 Å². The van der Waals surface area contributed by atoms with Crippen LogP contribution in [0.1, 0.15) is 0 Å². The van der Waals surface area contributed by atoms with Crippen LogP contribution in [0.25, 0.3) is 0 Å². The van der Waals surface area contributed by atoms with Crippen LogP contribution in [0.5, 0.6) is 0 Å². The Kier molecular flexibility index (Phi) is 4.97. The van der Waals surface area contributed by atoms with Crippen LogP contribution >= 0.6 is 0 Å². The summed E-state index contributed by atoms with van der Waals surface area (Å²) in [5.41, 5.74) is 8.94. The van der Waals surface area contributed by atoms with Crippen molar-refractivity contribution in [3.8, 4) is 0 Å². The highest BCUT2D eigenvalue weighted by Crippen LogP contribution is 1.50. The lowest BCUT2D eigenvalue weighted by atomic mass is 11.1. The summed E-state index contributed by atoms with van der Waals surface area (Å²) in [6.07, 6.45) is 0. The molecule has 0 aromatic carbocycles. The molecule has 56 valence electrons. The highest BCUT2D eigenvalue weighted by atomic mass is 32.2. The molecule has 0 aliphatic carbocycles. The van der Waals surface area contributed by atoms with Crippen LogP contribution in [-0.2, 0) is 10.3 Å². The van der Waals surface area contributed by atoms with Gasteiger partial charge < -0.3 is 11.5 Å². The Bertz CT molecular complexity index is 158. The first-order chi connectivity index (χ1) is 3.73. The first kappa shape index (κ1) is 11.0. The highest BCUT2D eigenvalue weighted by molar-refractivity contribution is 7.83. The quantitative estimate of drug-likeness (QED) is 0.150. The van der Waals surface area contributed by atoms with E-state index in [0.717, 1.165) is 0 Å². The van der Waals surface area contributed by atoms with Crippen molar-refractivity contribution in [2.45, 2.75) is 0 Å². The second-order valence-electron chi connectivity index (χ2n) is 0.970. The van der Waals surface area contributed by atoms with E-state index in [1.54, 1.807) is 0 Å². The summed E-state index contributed by atoms with van der Waals surface area (Å²) >= 11 is 0. The lowest BCUT2D eigenvalue weighted by molar-refractivity contribution is 0.485. The summed E-state index contributed by atoms with van der Waals surface area (Å²) in [7, 11) is -4.17. The van der Waals surface area contributed by atoms with Crippen LogP contribution in [-0.4, -0.2) is 18.9 Å². The summed E-state index contributed by atoms with van der Waals surface area (Å²) in [5.74, 6) is -0.333. The molecule has 9 heavy (non-hydrogen) atoms. The summed E-state index contributed by atoms with van der Waals surface area (Å²) in [4.78, 5) is 0. The second-order valence-corrected chi connectivity index (χ2v) is 2.00. The minimum Gasteiger partial charge on any atom is -0.370 e. The molecule has 0 aliphatic rings. The number of guanidine groups is 1. The van der Waals surface area contributed by atoms with Crippen LogP contribution in [0.4, 0.5) is 0 Å². The van der Waals surface area contributed by atoms with Gasteiger partial charge in [0.1, 0.15) is 0 Å². The Balaban J connectivity index is 0. The van der Waals surface area contributed by atoms with E-state index < -0.39 is 10.3 Å². The number of nitrogens with one attached hydrogen (secondary N) is 1. The third kappa shape index (κ3) is 255. The van der Waals surface area contributed by atoms with Crippen LogP contribution in [0.2, 0.25) is 0 Å². The Hall–Kier alpha value is -0.860. The van der Waals surface area contributed by atoms with Crippen LogP contribution in [0.3, 0.4) is 0 Å². The smallest absolute Gasteiger partial charge is 0.330 e. The van der Waals surface area contributed by atoms with E-state index in [2.05, 4.69) is 16.6 Å². The second kappa shape index (κ2) is 4.06. The van der Waals surface area contributed by atoms with Gasteiger partial charge in [0.05, 0.1) is 0 Å². The zero-order chi connectivity index (χ0) is 8.08. The molecule has 8 heteroatoms. The standard InChI is InChI=1S/CH5N3.H3NO3S/c2-1(3)4;1-5(2,3)4/h(H5,2,3,4);(H3,1,2,3,4). The van der Waals surface area contributed by atoms with Gasteiger partial charge in [0.25, 0.3) is 0 Å². The van der Waals surface area contributed by atoms with Crippen LogP contribution in [0.15, 0.2) is 0 Å². The molecule has 0 saturated carbocycles. The fourth-order valence-electron chi connectivity index (χ4n) is 0. The zero-order valence-corrected chi connectivity index (χ0v) is 5.22. The topological polar surface area (TPSA) is 156 Å². The van der Waals surface area contributed by atoms with Crippen LogP contribution < -0.4 is 16.6 Å². The molecule has 0 aliphatic heterocycles. The average Bonchev–Trinajstić information content (AvgIpc) is 1.19. The summed E-state index contributed by atoms with van der Waals surface area (Å²) in [5, 5.41) is 9.94. The van der Waals surface area contributed by atoms with E-state index in [0.29, 0.717) is 0 Å². The number of hydrogen-bond acceptors (Lipinski definition) is 3. The Morgan fingerprint density at radius 1 is 1.44 bits per heavy atom. The third-order valence-corrected chi connectivity index (χ3v) is 0. The molecule has 0 aromatic heterocycles. The number of hydrogen-bond donors (Lipinski definition) is 5. The van der Waals surface area contributed by atoms with Crippen molar-refractivity contribution in [3.05, 3.63) is 0 Å². The molecular formula is CH8N4O3S. The molecule has 0 fully saturated rings. The van der Waals surface area contributed by atoms with E-state index in [4.69, 9.17) is 18.4 Å². The largest absolute Gasteiger partial charge is 0.370 e. The molecule has 8 N–H and O–H groups in total. The molecule has 0 radical (unpaired) electrons. The van der Waals surface area contributed by atoms with E-state index >= 15 is 0 Å². The molecule has 0 amide bonds. The SMILES string of the molecule is N=C(N)N.NS(=O)(=O)O. The van der Waals surface area contributed by atoms with Crippen molar-refractivity contribution in [1.82, 2.24) is 0 Å². The van der Waals surface area contributed by atoms with Crippen molar-refractivity contribution in [3.63, 3.8) is 0 Å². The lowest BCUT2D eigenvalue weighted by Crippen LogP contribution is -2.20. The van der Waals surface area contributed by atoms with Gasteiger partial charge in [-0.15, -0.1) is 0 Å². The maximum absolute atomic E-state index is 8.97. The Morgan fingerprint density at radius 2 is 1.44 bits per heavy atom. The number of rotatable bonds is 0. The van der Waals surface area contributed by atoms with E-state index in [-0.39, 0.29) is 5.96 Å². The molecule has 7 nitrogen and oxygen atoms in total. The fraction of sp³-hybridized carbons (Fsp3) is 0. The van der Waals surface area contributed by atoms with Gasteiger partial charge in [-0.05, 0) is 0 Å². The van der Waals surface area contributed by atoms with Crippen molar-refractivity contribution >= 4 is 16.3 Å². The Labute approximate surface area is 52.2 Å². The van der Waals surface area contributed by atoms with Crippen LogP contribution in [0, 0.1) is 5.41 Å². The van der Waals surface area contributed by atoms with Gasteiger partial charge in [-0.25, -0.2) is 5.14 Å². The maximum Gasteiger partial charge on any atom is 0.330 e. The minimum absolute atomic E-state index is 0.333. The molecule has 0 unspecified atom stereocenters. The van der Waals surface area contributed by atoms with Gasteiger partial charge in [0.15, 0.2) is 5.96 Å². The maximum atomic E-state index is 8.97. The molecule has 0 spiro atoms. The highest BCUT2D eigenvalue weighted by Gasteiger charge is 1.81. The van der Waals surface area contributed by atoms with Gasteiger partial charge in [-0.1, -0.05) is 0 Å².